The van der Waals surface area contributed by atoms with Crippen LogP contribution in [0.4, 0.5) is 0 Å². The van der Waals surface area contributed by atoms with Gasteiger partial charge in [0.05, 0.1) is 16.1 Å². The third kappa shape index (κ3) is 4.24. The van der Waals surface area contributed by atoms with Crippen LogP contribution in [0.25, 0.3) is 0 Å². The summed E-state index contributed by atoms with van der Waals surface area (Å²) in [5.74, 6) is -0.0848. The van der Waals surface area contributed by atoms with Gasteiger partial charge < -0.3 is 5.11 Å². The first kappa shape index (κ1) is 17.3. The first-order valence-electron chi connectivity index (χ1n) is 6.63. The second kappa shape index (κ2) is 7.02. The molecule has 2 rings (SSSR count). The van der Waals surface area contributed by atoms with Gasteiger partial charge >= 0.3 is 0 Å². The Labute approximate surface area is 139 Å². The molecule has 0 heterocycles. The van der Waals surface area contributed by atoms with Gasteiger partial charge in [-0.15, -0.1) is 0 Å². The molecule has 1 aromatic carbocycles. The van der Waals surface area contributed by atoms with E-state index in [0.29, 0.717) is 6.42 Å². The highest BCUT2D eigenvalue weighted by molar-refractivity contribution is 7.89. The highest BCUT2D eigenvalue weighted by Gasteiger charge is 2.27. The molecular weight excluding hydrogens is 357 g/mol. The lowest BCUT2D eigenvalue weighted by Crippen LogP contribution is -2.36. The number of aliphatic hydroxyl groups excluding tert-OH is 1. The molecule has 2 unspecified atom stereocenters. The van der Waals surface area contributed by atoms with Crippen LogP contribution in [0.5, 0.6) is 0 Å². The van der Waals surface area contributed by atoms with Gasteiger partial charge in [-0.1, -0.05) is 47.6 Å². The van der Waals surface area contributed by atoms with Gasteiger partial charge in [-0.05, 0) is 30.9 Å². The Morgan fingerprint density at radius 3 is 2.29 bits per heavy atom. The summed E-state index contributed by atoms with van der Waals surface area (Å²) in [5, 5.41) is 10.1. The minimum atomic E-state index is -3.84. The average Bonchev–Trinajstić information content (AvgIpc) is 2.36. The maximum Gasteiger partial charge on any atom is 0.243 e. The van der Waals surface area contributed by atoms with Crippen molar-refractivity contribution in [3.8, 4) is 0 Å². The van der Waals surface area contributed by atoms with Crippen molar-refractivity contribution in [1.29, 1.82) is 0 Å². The third-order valence-electron chi connectivity index (χ3n) is 3.64. The van der Waals surface area contributed by atoms with Crippen molar-refractivity contribution in [2.75, 3.05) is 6.54 Å². The molecule has 118 valence electrons. The van der Waals surface area contributed by atoms with Crippen LogP contribution >= 0.6 is 34.8 Å². The minimum Gasteiger partial charge on any atom is -0.393 e. The fourth-order valence-corrected chi connectivity index (χ4v) is 5.14. The molecule has 1 saturated carbocycles. The zero-order valence-electron chi connectivity index (χ0n) is 11.2. The molecule has 0 amide bonds. The van der Waals surface area contributed by atoms with Gasteiger partial charge in [0.15, 0.2) is 0 Å². The van der Waals surface area contributed by atoms with Crippen molar-refractivity contribution in [1.82, 2.24) is 4.72 Å². The first-order chi connectivity index (χ1) is 9.81. The number of nitrogens with one attached hydrogen (secondary N) is 1. The number of hydrogen-bond acceptors (Lipinski definition) is 3. The number of hydrogen-bond donors (Lipinski definition) is 2. The van der Waals surface area contributed by atoms with E-state index in [2.05, 4.69) is 4.72 Å². The number of sulfonamides is 1. The Hall–Kier alpha value is -0.0400. The fourth-order valence-electron chi connectivity index (χ4n) is 2.50. The van der Waals surface area contributed by atoms with E-state index in [1.165, 1.54) is 12.1 Å². The van der Waals surface area contributed by atoms with E-state index in [9.17, 15) is 13.5 Å². The van der Waals surface area contributed by atoms with E-state index in [1.807, 2.05) is 0 Å². The van der Waals surface area contributed by atoms with Crippen molar-refractivity contribution in [3.63, 3.8) is 0 Å². The van der Waals surface area contributed by atoms with Crippen LogP contribution in [0.3, 0.4) is 0 Å². The maximum atomic E-state index is 12.3. The van der Waals surface area contributed by atoms with Gasteiger partial charge in [0, 0.05) is 11.6 Å². The van der Waals surface area contributed by atoms with Crippen LogP contribution in [0.15, 0.2) is 17.0 Å². The predicted octanol–water partition coefficient (Wildman–Crippen LogP) is 3.48. The van der Waals surface area contributed by atoms with Crippen molar-refractivity contribution in [3.05, 3.63) is 27.2 Å². The predicted molar refractivity (Wildman–Crippen MR) is 84.6 cm³/mol. The van der Waals surface area contributed by atoms with Crippen molar-refractivity contribution >= 4 is 44.8 Å². The van der Waals surface area contributed by atoms with E-state index in [0.717, 1.165) is 19.3 Å². The summed E-state index contributed by atoms with van der Waals surface area (Å²) in [6, 6.07) is 2.66. The lowest BCUT2D eigenvalue weighted by molar-refractivity contribution is 0.0724. The Morgan fingerprint density at radius 1 is 1.14 bits per heavy atom. The van der Waals surface area contributed by atoms with Gasteiger partial charge in [-0.3, -0.25) is 0 Å². The lowest BCUT2D eigenvalue weighted by atomic mass is 9.87. The summed E-state index contributed by atoms with van der Waals surface area (Å²) in [6.07, 6.45) is 2.99. The van der Waals surface area contributed by atoms with Crippen LogP contribution in [0.2, 0.25) is 15.1 Å². The van der Waals surface area contributed by atoms with E-state index >= 15 is 0 Å². The molecule has 2 atom stereocenters. The second-order valence-electron chi connectivity index (χ2n) is 5.16. The Kier molecular flexibility index (Phi) is 5.79. The molecule has 1 fully saturated rings. The Balaban J connectivity index is 2.15. The quantitative estimate of drug-likeness (QED) is 0.850. The number of benzene rings is 1. The molecule has 1 aromatic rings. The van der Waals surface area contributed by atoms with Gasteiger partial charge in [0.2, 0.25) is 10.0 Å². The van der Waals surface area contributed by atoms with E-state index in [1.54, 1.807) is 0 Å². The number of aliphatic hydroxyl groups is 1. The highest BCUT2D eigenvalue weighted by atomic mass is 35.5. The summed E-state index contributed by atoms with van der Waals surface area (Å²) in [5.41, 5.74) is 0. The van der Waals surface area contributed by atoms with E-state index < -0.39 is 16.1 Å². The molecule has 1 aliphatic rings. The van der Waals surface area contributed by atoms with E-state index in [-0.39, 0.29) is 32.4 Å². The molecule has 0 aromatic heterocycles. The van der Waals surface area contributed by atoms with Gasteiger partial charge in [-0.25, -0.2) is 13.1 Å². The van der Waals surface area contributed by atoms with Gasteiger partial charge in [0.1, 0.15) is 4.90 Å². The summed E-state index contributed by atoms with van der Waals surface area (Å²) in [4.78, 5) is -0.180. The fraction of sp³-hybridized carbons (Fsp3) is 0.538. The van der Waals surface area contributed by atoms with E-state index in [4.69, 9.17) is 34.8 Å². The molecular formula is C13H16Cl3NO3S. The molecule has 0 saturated heterocycles. The van der Waals surface area contributed by atoms with Crippen molar-refractivity contribution in [2.45, 2.75) is 36.7 Å². The standard InChI is InChI=1S/C13H16Cl3NO3S/c14-9-5-10(15)13(11(16)6-9)21(19,20)17-7-8-3-1-2-4-12(8)18/h5-6,8,12,17-18H,1-4,7H2. The highest BCUT2D eigenvalue weighted by Crippen LogP contribution is 2.33. The average molecular weight is 373 g/mol. The second-order valence-corrected chi connectivity index (χ2v) is 8.12. The molecule has 8 heteroatoms. The molecule has 4 nitrogen and oxygen atoms in total. The summed E-state index contributed by atoms with van der Waals surface area (Å²) in [7, 11) is -3.84. The molecule has 1 aliphatic carbocycles. The molecule has 0 radical (unpaired) electrons. The first-order valence-corrected chi connectivity index (χ1v) is 9.25. The maximum absolute atomic E-state index is 12.3. The SMILES string of the molecule is O=S(=O)(NCC1CCCCC1O)c1c(Cl)cc(Cl)cc1Cl. The summed E-state index contributed by atoms with van der Waals surface area (Å²) >= 11 is 17.6. The summed E-state index contributed by atoms with van der Waals surface area (Å²) in [6.45, 7) is 0.165. The smallest absolute Gasteiger partial charge is 0.243 e. The van der Waals surface area contributed by atoms with Crippen LogP contribution in [0.1, 0.15) is 25.7 Å². The zero-order valence-corrected chi connectivity index (χ0v) is 14.2. The number of halogens is 3. The molecule has 0 bridgehead atoms. The molecule has 0 aliphatic heterocycles. The van der Waals surface area contributed by atoms with Crippen molar-refractivity contribution < 1.29 is 13.5 Å². The Bertz CT molecular complexity index is 598. The monoisotopic (exact) mass is 371 g/mol. The van der Waals surface area contributed by atoms with Gasteiger partial charge in [-0.2, -0.15) is 0 Å². The molecule has 2 N–H and O–H groups in total. The number of rotatable bonds is 4. The topological polar surface area (TPSA) is 66.4 Å². The normalized spacial score (nSPS) is 23.2. The van der Waals surface area contributed by atoms with Gasteiger partial charge in [0.25, 0.3) is 0 Å². The minimum absolute atomic E-state index is 0.0239. The van der Waals surface area contributed by atoms with Crippen molar-refractivity contribution in [2.24, 2.45) is 5.92 Å². The Morgan fingerprint density at radius 2 is 1.71 bits per heavy atom. The largest absolute Gasteiger partial charge is 0.393 e. The van der Waals surface area contributed by atoms with Crippen LogP contribution in [0, 0.1) is 5.92 Å². The lowest BCUT2D eigenvalue weighted by Gasteiger charge is -2.27. The van der Waals surface area contributed by atoms with Crippen LogP contribution < -0.4 is 4.72 Å². The zero-order chi connectivity index (χ0) is 15.6. The molecule has 0 spiro atoms. The molecule has 21 heavy (non-hydrogen) atoms. The summed E-state index contributed by atoms with van der Waals surface area (Å²) < 4.78 is 27.1. The van der Waals surface area contributed by atoms with Crippen LogP contribution in [-0.4, -0.2) is 26.2 Å². The third-order valence-corrected chi connectivity index (χ3v) is 6.20. The van der Waals surface area contributed by atoms with Crippen LogP contribution in [-0.2, 0) is 10.0 Å².